The fourth-order valence-electron chi connectivity index (χ4n) is 9.85. The van der Waals surface area contributed by atoms with E-state index in [0.717, 1.165) is 45.3 Å². The number of benzene rings is 9. The van der Waals surface area contributed by atoms with Gasteiger partial charge < -0.3 is 9.80 Å². The highest BCUT2D eigenvalue weighted by Gasteiger charge is 2.46. The Hall–Kier alpha value is -7.94. The second kappa shape index (κ2) is 15.0. The number of para-hydroxylation sites is 2. The molecule has 1 aliphatic carbocycles. The summed E-state index contributed by atoms with van der Waals surface area (Å²) in [5, 5.41) is 0. The Balaban J connectivity index is 1.17. The summed E-state index contributed by atoms with van der Waals surface area (Å²) in [5.74, 6) is 0. The van der Waals surface area contributed by atoms with Gasteiger partial charge in [0, 0.05) is 33.9 Å². The maximum absolute atomic E-state index is 4.13. The van der Waals surface area contributed by atoms with Gasteiger partial charge in [-0.05, 0) is 105 Å². The summed E-state index contributed by atoms with van der Waals surface area (Å²) in [6.07, 6.45) is 4.04. The molecule has 0 aromatic heterocycles. The quantitative estimate of drug-likeness (QED) is 0.152. The Labute approximate surface area is 358 Å². The highest BCUT2D eigenvalue weighted by Crippen LogP contribution is 2.58. The van der Waals surface area contributed by atoms with Crippen molar-refractivity contribution in [2.45, 2.75) is 5.41 Å². The summed E-state index contributed by atoms with van der Waals surface area (Å²) >= 11 is 0. The fourth-order valence-corrected chi connectivity index (χ4v) is 9.85. The van der Waals surface area contributed by atoms with Crippen LogP contribution in [0.25, 0.3) is 27.8 Å². The number of allylic oxidation sites excluding steroid dienone is 2. The van der Waals surface area contributed by atoms with Gasteiger partial charge in [0.05, 0.1) is 16.8 Å². The van der Waals surface area contributed by atoms with Crippen molar-refractivity contribution in [3.05, 3.63) is 283 Å². The van der Waals surface area contributed by atoms with Crippen molar-refractivity contribution in [3.63, 3.8) is 0 Å². The molecule has 9 aromatic rings. The molecule has 2 heteroatoms. The van der Waals surface area contributed by atoms with E-state index in [1.807, 2.05) is 6.08 Å². The zero-order chi connectivity index (χ0) is 40.8. The Bertz CT molecular complexity index is 3040. The third-order valence-electron chi connectivity index (χ3n) is 12.4. The highest BCUT2D eigenvalue weighted by molar-refractivity contribution is 6.03. The third kappa shape index (κ3) is 5.87. The first-order chi connectivity index (χ1) is 30.2. The van der Waals surface area contributed by atoms with Crippen LogP contribution in [0, 0.1) is 0 Å². The molecule has 1 heterocycles. The first-order valence-corrected chi connectivity index (χ1v) is 21.0. The average Bonchev–Trinajstić information content (AvgIpc) is 3.63. The second-order valence-electron chi connectivity index (χ2n) is 15.7. The molecule has 0 saturated heterocycles. The summed E-state index contributed by atoms with van der Waals surface area (Å²) in [5.41, 5.74) is 19.5. The largest absolute Gasteiger partial charge is 0.310 e. The van der Waals surface area contributed by atoms with E-state index in [0.29, 0.717) is 0 Å². The van der Waals surface area contributed by atoms with Crippen LogP contribution in [0.5, 0.6) is 0 Å². The monoisotopic (exact) mass is 778 g/mol. The minimum Gasteiger partial charge on any atom is -0.310 e. The number of rotatable bonds is 8. The molecule has 0 bridgehead atoms. The fraction of sp³-hybridized carbons (Fsp3) is 0.0169. The number of nitrogens with zero attached hydrogens (tertiary/aromatic N) is 2. The van der Waals surface area contributed by atoms with Gasteiger partial charge in [0.25, 0.3) is 0 Å². The van der Waals surface area contributed by atoms with Crippen LogP contribution in [0.15, 0.2) is 249 Å². The van der Waals surface area contributed by atoms with E-state index in [4.69, 9.17) is 0 Å². The molecule has 0 unspecified atom stereocenters. The van der Waals surface area contributed by atoms with Crippen molar-refractivity contribution >= 4 is 39.7 Å². The maximum Gasteiger partial charge on any atom is 0.0714 e. The lowest BCUT2D eigenvalue weighted by atomic mass is 9.67. The normalized spacial score (nSPS) is 13.8. The van der Waals surface area contributed by atoms with Crippen LogP contribution in [0.3, 0.4) is 0 Å². The van der Waals surface area contributed by atoms with Crippen molar-refractivity contribution in [3.8, 4) is 22.3 Å². The summed E-state index contributed by atoms with van der Waals surface area (Å²) in [4.78, 5) is 4.83. The standard InChI is InChI=1S/C59H42N2/c1-2-19-50-53-29-16-18-31-57(53)61(46-26-13-6-14-27-46)58-41-49(37-39-54(50)58)60(47-34-32-43(33-35-47)42-20-7-3-8-21-42)48-36-38-52-51-28-15-17-30-55(51)59(56(52)40-48,44-22-9-4-10-23-44)45-24-11-5-12-25-45/h2-41H,1H2/b50-19+. The first kappa shape index (κ1) is 36.2. The van der Waals surface area contributed by atoms with Gasteiger partial charge in [-0.15, -0.1) is 0 Å². The lowest BCUT2D eigenvalue weighted by Crippen LogP contribution is -2.28. The maximum atomic E-state index is 4.13. The van der Waals surface area contributed by atoms with Crippen molar-refractivity contribution in [2.24, 2.45) is 0 Å². The van der Waals surface area contributed by atoms with Crippen molar-refractivity contribution in [1.29, 1.82) is 0 Å². The van der Waals surface area contributed by atoms with Crippen LogP contribution < -0.4 is 9.80 Å². The minimum atomic E-state index is -0.526. The molecule has 0 saturated carbocycles. The predicted molar refractivity (Wildman–Crippen MR) is 256 cm³/mol. The number of hydrogen-bond donors (Lipinski definition) is 0. The Morgan fingerprint density at radius 2 is 0.885 bits per heavy atom. The van der Waals surface area contributed by atoms with E-state index in [-0.39, 0.29) is 0 Å². The van der Waals surface area contributed by atoms with Gasteiger partial charge in [0.1, 0.15) is 0 Å². The van der Waals surface area contributed by atoms with Crippen molar-refractivity contribution in [2.75, 3.05) is 9.80 Å². The summed E-state index contributed by atoms with van der Waals surface area (Å²) in [7, 11) is 0. The van der Waals surface area contributed by atoms with E-state index in [9.17, 15) is 0 Å². The molecule has 0 spiro atoms. The van der Waals surface area contributed by atoms with Gasteiger partial charge in [0.15, 0.2) is 0 Å². The lowest BCUT2D eigenvalue weighted by molar-refractivity contribution is 0.768. The minimum absolute atomic E-state index is 0.526. The molecule has 0 N–H and O–H groups in total. The molecule has 61 heavy (non-hydrogen) atoms. The SMILES string of the molecule is C=C/C=C1\c2ccccc2N(c2ccccc2)c2cc(N(c3ccc(-c4ccccc4)cc3)c3ccc4c(c3)C(c3ccccc3)(c3ccccc3)c3ccccc3-4)ccc21. The van der Waals surface area contributed by atoms with Gasteiger partial charge >= 0.3 is 0 Å². The van der Waals surface area contributed by atoms with Crippen LogP contribution in [-0.2, 0) is 5.41 Å². The summed E-state index contributed by atoms with van der Waals surface area (Å²) < 4.78 is 0. The second-order valence-corrected chi connectivity index (χ2v) is 15.7. The molecular weight excluding hydrogens is 737 g/mol. The van der Waals surface area contributed by atoms with Crippen LogP contribution in [0.1, 0.15) is 33.4 Å². The van der Waals surface area contributed by atoms with E-state index in [1.54, 1.807) is 0 Å². The van der Waals surface area contributed by atoms with Gasteiger partial charge in [-0.2, -0.15) is 0 Å². The Morgan fingerprint density at radius 3 is 1.56 bits per heavy atom. The van der Waals surface area contributed by atoms with Crippen LogP contribution >= 0.6 is 0 Å². The molecule has 288 valence electrons. The molecule has 0 fully saturated rings. The predicted octanol–water partition coefficient (Wildman–Crippen LogP) is 15.6. The van der Waals surface area contributed by atoms with Gasteiger partial charge in [0.2, 0.25) is 0 Å². The third-order valence-corrected chi connectivity index (χ3v) is 12.4. The molecule has 11 rings (SSSR count). The first-order valence-electron chi connectivity index (χ1n) is 21.0. The summed E-state index contributed by atoms with van der Waals surface area (Å²) in [6.45, 7) is 4.13. The molecule has 0 atom stereocenters. The smallest absolute Gasteiger partial charge is 0.0714 e. The van der Waals surface area contributed by atoms with Crippen LogP contribution in [-0.4, -0.2) is 0 Å². The molecule has 9 aromatic carbocycles. The van der Waals surface area contributed by atoms with Crippen molar-refractivity contribution in [1.82, 2.24) is 0 Å². The number of hydrogen-bond acceptors (Lipinski definition) is 2. The van der Waals surface area contributed by atoms with Crippen molar-refractivity contribution < 1.29 is 0 Å². The van der Waals surface area contributed by atoms with Crippen LogP contribution in [0.2, 0.25) is 0 Å². The lowest BCUT2D eigenvalue weighted by Gasteiger charge is -2.37. The molecule has 2 aliphatic rings. The highest BCUT2D eigenvalue weighted by atomic mass is 15.2. The van der Waals surface area contributed by atoms with Gasteiger partial charge in [-0.1, -0.05) is 195 Å². The molecule has 0 amide bonds. The zero-order valence-corrected chi connectivity index (χ0v) is 33.7. The van der Waals surface area contributed by atoms with E-state index >= 15 is 0 Å². The van der Waals surface area contributed by atoms with E-state index < -0.39 is 5.41 Å². The van der Waals surface area contributed by atoms with Gasteiger partial charge in [-0.3, -0.25) is 0 Å². The molecule has 1 aliphatic heterocycles. The molecule has 2 nitrogen and oxygen atoms in total. The zero-order valence-electron chi connectivity index (χ0n) is 33.7. The molecular formula is C59H42N2. The van der Waals surface area contributed by atoms with Gasteiger partial charge in [-0.25, -0.2) is 0 Å². The molecule has 0 radical (unpaired) electrons. The Kier molecular flexibility index (Phi) is 8.90. The average molecular weight is 779 g/mol. The topological polar surface area (TPSA) is 6.48 Å². The number of anilines is 6. The van der Waals surface area contributed by atoms with E-state index in [2.05, 4.69) is 253 Å². The summed E-state index contributed by atoms with van der Waals surface area (Å²) in [6, 6.07) is 84.1. The Morgan fingerprint density at radius 1 is 0.393 bits per heavy atom. The number of fused-ring (bicyclic) bond motifs is 5. The van der Waals surface area contributed by atoms with Crippen LogP contribution in [0.4, 0.5) is 34.1 Å². The van der Waals surface area contributed by atoms with E-state index in [1.165, 1.54) is 50.1 Å².